The zero-order chi connectivity index (χ0) is 18.7. The third-order valence-electron chi connectivity index (χ3n) is 3.64. The summed E-state index contributed by atoms with van der Waals surface area (Å²) in [6.07, 6.45) is 2.10. The summed E-state index contributed by atoms with van der Waals surface area (Å²) >= 11 is 2.70. The van der Waals surface area contributed by atoms with Gasteiger partial charge < -0.3 is 10.1 Å². The minimum absolute atomic E-state index is 0.181. The second-order valence-electron chi connectivity index (χ2n) is 5.39. The number of nitrogens with zero attached hydrogens (tertiary/aromatic N) is 2. The Labute approximate surface area is 157 Å². The summed E-state index contributed by atoms with van der Waals surface area (Å²) in [5.41, 5.74) is 0.0678. The van der Waals surface area contributed by atoms with Gasteiger partial charge >= 0.3 is 5.97 Å². The highest BCUT2D eigenvalue weighted by Gasteiger charge is 2.19. The van der Waals surface area contributed by atoms with Crippen molar-refractivity contribution in [1.29, 1.82) is 0 Å². The highest BCUT2D eigenvalue weighted by atomic mass is 32.1. The van der Waals surface area contributed by atoms with Crippen LogP contribution in [0.2, 0.25) is 0 Å². The standard InChI is InChI=1S/C17H17N3O4S2/c1-3-10-7-12(17(23)24-4-2)15(26-10)19-13(21)8-20-9-18-14-11(16(20)22)5-6-25-14/h5-7,9H,3-4,8H2,1-2H3,(H,19,21). The largest absolute Gasteiger partial charge is 0.462 e. The summed E-state index contributed by atoms with van der Waals surface area (Å²) in [5, 5.41) is 5.42. The first-order valence-electron chi connectivity index (χ1n) is 8.05. The first kappa shape index (κ1) is 18.3. The van der Waals surface area contributed by atoms with E-state index in [1.54, 1.807) is 24.4 Å². The predicted octanol–water partition coefficient (Wildman–Crippen LogP) is 2.90. The van der Waals surface area contributed by atoms with E-state index < -0.39 is 11.9 Å². The maximum Gasteiger partial charge on any atom is 0.341 e. The number of carbonyl (C=O) groups is 2. The quantitative estimate of drug-likeness (QED) is 0.653. The number of fused-ring (bicyclic) bond motifs is 1. The molecule has 0 saturated heterocycles. The Morgan fingerprint density at radius 3 is 2.88 bits per heavy atom. The minimum Gasteiger partial charge on any atom is -0.462 e. The van der Waals surface area contributed by atoms with Crippen molar-refractivity contribution in [1.82, 2.24) is 9.55 Å². The van der Waals surface area contributed by atoms with Crippen LogP contribution in [0.4, 0.5) is 5.00 Å². The Hall–Kier alpha value is -2.52. The van der Waals surface area contributed by atoms with Gasteiger partial charge in [0, 0.05) is 4.88 Å². The van der Waals surface area contributed by atoms with Crippen LogP contribution in [-0.2, 0) is 22.5 Å². The molecule has 26 heavy (non-hydrogen) atoms. The topological polar surface area (TPSA) is 90.3 Å². The number of thiophene rings is 2. The Bertz CT molecular complexity index is 1020. The molecule has 3 rings (SSSR count). The van der Waals surface area contributed by atoms with Crippen LogP contribution in [-0.4, -0.2) is 28.0 Å². The van der Waals surface area contributed by atoms with E-state index in [9.17, 15) is 14.4 Å². The fourth-order valence-electron chi connectivity index (χ4n) is 2.40. The van der Waals surface area contributed by atoms with E-state index in [0.717, 1.165) is 11.3 Å². The SMILES string of the molecule is CCOC(=O)c1cc(CC)sc1NC(=O)Cn1cnc2sccc2c1=O. The molecule has 0 aliphatic rings. The Morgan fingerprint density at radius 2 is 2.15 bits per heavy atom. The van der Waals surface area contributed by atoms with Crippen LogP contribution in [0.1, 0.15) is 29.1 Å². The minimum atomic E-state index is -0.475. The monoisotopic (exact) mass is 391 g/mol. The van der Waals surface area contributed by atoms with E-state index in [0.29, 0.717) is 20.8 Å². The van der Waals surface area contributed by atoms with Gasteiger partial charge in [0.1, 0.15) is 16.4 Å². The van der Waals surface area contributed by atoms with Crippen molar-refractivity contribution in [2.45, 2.75) is 26.8 Å². The molecule has 0 aromatic carbocycles. The molecule has 0 aliphatic carbocycles. The number of aromatic nitrogens is 2. The number of amides is 1. The first-order chi connectivity index (χ1) is 12.5. The van der Waals surface area contributed by atoms with Crippen molar-refractivity contribution >= 4 is 49.8 Å². The van der Waals surface area contributed by atoms with Crippen LogP contribution in [0, 0.1) is 0 Å². The molecular formula is C17H17N3O4S2. The average molecular weight is 391 g/mol. The summed E-state index contributed by atoms with van der Waals surface area (Å²) in [6.45, 7) is 3.77. The zero-order valence-electron chi connectivity index (χ0n) is 14.3. The number of aryl methyl sites for hydroxylation is 1. The van der Waals surface area contributed by atoms with Crippen LogP contribution >= 0.6 is 22.7 Å². The van der Waals surface area contributed by atoms with Crippen LogP contribution < -0.4 is 10.9 Å². The number of hydrogen-bond acceptors (Lipinski definition) is 7. The van der Waals surface area contributed by atoms with E-state index in [-0.39, 0.29) is 18.7 Å². The van der Waals surface area contributed by atoms with Gasteiger partial charge in [0.15, 0.2) is 0 Å². The van der Waals surface area contributed by atoms with E-state index in [1.165, 1.54) is 33.6 Å². The van der Waals surface area contributed by atoms with Gasteiger partial charge in [0.2, 0.25) is 5.91 Å². The summed E-state index contributed by atoms with van der Waals surface area (Å²) in [6, 6.07) is 3.42. The van der Waals surface area contributed by atoms with Gasteiger partial charge in [0.25, 0.3) is 5.56 Å². The van der Waals surface area contributed by atoms with Crippen molar-refractivity contribution < 1.29 is 14.3 Å². The highest BCUT2D eigenvalue weighted by Crippen LogP contribution is 2.29. The molecule has 1 amide bonds. The number of nitrogens with one attached hydrogen (secondary N) is 1. The van der Waals surface area contributed by atoms with E-state index in [4.69, 9.17) is 4.74 Å². The van der Waals surface area contributed by atoms with Crippen LogP contribution in [0.3, 0.4) is 0 Å². The van der Waals surface area contributed by atoms with E-state index >= 15 is 0 Å². The van der Waals surface area contributed by atoms with Crippen molar-refractivity contribution in [2.24, 2.45) is 0 Å². The molecule has 3 heterocycles. The molecule has 0 atom stereocenters. The Balaban J connectivity index is 1.81. The van der Waals surface area contributed by atoms with Crippen molar-refractivity contribution in [3.63, 3.8) is 0 Å². The molecule has 3 aromatic heterocycles. The summed E-state index contributed by atoms with van der Waals surface area (Å²) in [4.78, 5) is 42.6. The lowest BCUT2D eigenvalue weighted by molar-refractivity contribution is -0.116. The summed E-state index contributed by atoms with van der Waals surface area (Å²) in [7, 11) is 0. The highest BCUT2D eigenvalue weighted by molar-refractivity contribution is 7.17. The maximum absolute atomic E-state index is 12.4. The number of esters is 1. The smallest absolute Gasteiger partial charge is 0.341 e. The predicted molar refractivity (Wildman–Crippen MR) is 102 cm³/mol. The molecule has 0 unspecified atom stereocenters. The van der Waals surface area contributed by atoms with Crippen LogP contribution in [0.25, 0.3) is 10.2 Å². The third kappa shape index (κ3) is 3.68. The van der Waals surface area contributed by atoms with Crippen LogP contribution in [0.15, 0.2) is 28.6 Å². The molecule has 0 radical (unpaired) electrons. The molecule has 3 aromatic rings. The molecule has 0 fully saturated rings. The molecule has 1 N–H and O–H groups in total. The lowest BCUT2D eigenvalue weighted by Crippen LogP contribution is -2.27. The molecule has 7 nitrogen and oxygen atoms in total. The van der Waals surface area contributed by atoms with Crippen molar-refractivity contribution in [3.8, 4) is 0 Å². The molecule has 0 aliphatic heterocycles. The second kappa shape index (κ2) is 7.79. The number of anilines is 1. The fourth-order valence-corrected chi connectivity index (χ4v) is 4.12. The molecule has 0 bridgehead atoms. The Kier molecular flexibility index (Phi) is 5.48. The maximum atomic E-state index is 12.4. The van der Waals surface area contributed by atoms with Gasteiger partial charge in [0.05, 0.1) is 23.9 Å². The van der Waals surface area contributed by atoms with Crippen molar-refractivity contribution in [2.75, 3.05) is 11.9 Å². The normalized spacial score (nSPS) is 10.8. The van der Waals surface area contributed by atoms with Crippen molar-refractivity contribution in [3.05, 3.63) is 44.6 Å². The number of ether oxygens (including phenoxy) is 1. The van der Waals surface area contributed by atoms with Gasteiger partial charge in [-0.3, -0.25) is 14.2 Å². The molecule has 9 heteroatoms. The zero-order valence-corrected chi connectivity index (χ0v) is 15.9. The number of carbonyl (C=O) groups excluding carboxylic acids is 2. The molecular weight excluding hydrogens is 374 g/mol. The molecule has 0 saturated carbocycles. The van der Waals surface area contributed by atoms with E-state index in [1.807, 2.05) is 6.92 Å². The second-order valence-corrected chi connectivity index (χ2v) is 7.43. The summed E-state index contributed by atoms with van der Waals surface area (Å²) in [5.74, 6) is -0.879. The van der Waals surface area contributed by atoms with Crippen LogP contribution in [0.5, 0.6) is 0 Å². The lowest BCUT2D eigenvalue weighted by Gasteiger charge is -2.07. The van der Waals surface area contributed by atoms with Gasteiger partial charge in [-0.25, -0.2) is 9.78 Å². The van der Waals surface area contributed by atoms with Gasteiger partial charge in [-0.15, -0.1) is 22.7 Å². The van der Waals surface area contributed by atoms with Gasteiger partial charge in [-0.2, -0.15) is 0 Å². The summed E-state index contributed by atoms with van der Waals surface area (Å²) < 4.78 is 6.29. The third-order valence-corrected chi connectivity index (χ3v) is 5.66. The number of hydrogen-bond donors (Lipinski definition) is 1. The average Bonchev–Trinajstić information content (AvgIpc) is 3.24. The van der Waals surface area contributed by atoms with Gasteiger partial charge in [-0.05, 0) is 30.9 Å². The van der Waals surface area contributed by atoms with E-state index in [2.05, 4.69) is 10.3 Å². The molecule has 0 spiro atoms. The molecule has 136 valence electrons. The van der Waals surface area contributed by atoms with Gasteiger partial charge in [-0.1, -0.05) is 6.92 Å². The first-order valence-corrected chi connectivity index (χ1v) is 9.75. The fraction of sp³-hybridized carbons (Fsp3) is 0.294. The number of rotatable bonds is 6. The lowest BCUT2D eigenvalue weighted by atomic mass is 10.2. The Morgan fingerprint density at radius 1 is 1.35 bits per heavy atom.